The topological polar surface area (TPSA) is 47.4 Å². The third-order valence-electron chi connectivity index (χ3n) is 2.92. The predicted molar refractivity (Wildman–Crippen MR) is 59.2 cm³/mol. The Morgan fingerprint density at radius 2 is 2.31 bits per heavy atom. The number of imidazole rings is 1. The second-order valence-electron chi connectivity index (χ2n) is 4.19. The molecule has 2 rings (SSSR count). The molecule has 0 N–H and O–H groups in total. The molecule has 0 spiro atoms. The number of rotatable bonds is 2. The van der Waals surface area contributed by atoms with E-state index in [0.717, 1.165) is 32.6 Å². The Kier molecular flexibility index (Phi) is 3.56. The van der Waals surface area contributed by atoms with Crippen LogP contribution in [0.2, 0.25) is 0 Å². The van der Waals surface area contributed by atoms with E-state index in [9.17, 15) is 4.79 Å². The van der Waals surface area contributed by atoms with E-state index < -0.39 is 0 Å². The van der Waals surface area contributed by atoms with Gasteiger partial charge >= 0.3 is 6.03 Å². The van der Waals surface area contributed by atoms with Crippen LogP contribution in [0.15, 0.2) is 18.7 Å². The number of aromatic nitrogens is 2. The summed E-state index contributed by atoms with van der Waals surface area (Å²) in [6.07, 6.45) is 6.90. The van der Waals surface area contributed by atoms with Crippen molar-refractivity contribution in [1.29, 1.82) is 0 Å². The summed E-state index contributed by atoms with van der Waals surface area (Å²) in [5.41, 5.74) is 0. The Bertz CT molecular complexity index is 331. The SMILES string of the molecule is CN(CC1CCOCC1)C(=O)n1ccnc1. The van der Waals surface area contributed by atoms with Gasteiger partial charge in [0.25, 0.3) is 0 Å². The largest absolute Gasteiger partial charge is 0.381 e. The molecule has 1 aromatic heterocycles. The van der Waals surface area contributed by atoms with E-state index in [1.54, 1.807) is 17.3 Å². The van der Waals surface area contributed by atoms with Crippen LogP contribution in [0, 0.1) is 5.92 Å². The molecule has 0 bridgehead atoms. The Morgan fingerprint density at radius 3 is 2.94 bits per heavy atom. The summed E-state index contributed by atoms with van der Waals surface area (Å²) in [7, 11) is 1.83. The van der Waals surface area contributed by atoms with Crippen molar-refractivity contribution in [2.24, 2.45) is 5.92 Å². The molecular weight excluding hydrogens is 206 g/mol. The molecule has 5 nitrogen and oxygen atoms in total. The molecule has 1 saturated heterocycles. The summed E-state index contributed by atoms with van der Waals surface area (Å²) in [5, 5.41) is 0. The molecule has 5 heteroatoms. The Morgan fingerprint density at radius 1 is 1.56 bits per heavy atom. The van der Waals surface area contributed by atoms with Gasteiger partial charge in [-0.05, 0) is 18.8 Å². The third-order valence-corrected chi connectivity index (χ3v) is 2.92. The highest BCUT2D eigenvalue weighted by Gasteiger charge is 2.19. The van der Waals surface area contributed by atoms with Gasteiger partial charge in [-0.1, -0.05) is 0 Å². The number of amides is 1. The summed E-state index contributed by atoms with van der Waals surface area (Å²) in [6.45, 7) is 2.43. The quantitative estimate of drug-likeness (QED) is 0.757. The maximum Gasteiger partial charge on any atom is 0.329 e. The van der Waals surface area contributed by atoms with E-state index in [1.165, 1.54) is 10.9 Å². The first-order valence-corrected chi connectivity index (χ1v) is 5.58. The van der Waals surface area contributed by atoms with E-state index in [1.807, 2.05) is 7.05 Å². The van der Waals surface area contributed by atoms with Gasteiger partial charge in [0, 0.05) is 39.2 Å². The maximum absolute atomic E-state index is 11.9. The fraction of sp³-hybridized carbons (Fsp3) is 0.636. The zero-order chi connectivity index (χ0) is 11.4. The lowest BCUT2D eigenvalue weighted by atomic mass is 10.0. The van der Waals surface area contributed by atoms with Crippen LogP contribution in [0.3, 0.4) is 0 Å². The number of ether oxygens (including phenoxy) is 1. The van der Waals surface area contributed by atoms with Crippen LogP contribution >= 0.6 is 0 Å². The van der Waals surface area contributed by atoms with Gasteiger partial charge in [0.15, 0.2) is 0 Å². The van der Waals surface area contributed by atoms with Crippen molar-refractivity contribution in [3.63, 3.8) is 0 Å². The van der Waals surface area contributed by atoms with Crippen LogP contribution in [-0.2, 0) is 4.74 Å². The van der Waals surface area contributed by atoms with Crippen LogP contribution in [0.25, 0.3) is 0 Å². The molecule has 0 aromatic carbocycles. The first kappa shape index (κ1) is 11.1. The monoisotopic (exact) mass is 223 g/mol. The first-order chi connectivity index (χ1) is 7.77. The van der Waals surface area contributed by atoms with Crippen LogP contribution < -0.4 is 0 Å². The van der Waals surface area contributed by atoms with Gasteiger partial charge in [-0.25, -0.2) is 9.78 Å². The fourth-order valence-electron chi connectivity index (χ4n) is 1.96. The fourth-order valence-corrected chi connectivity index (χ4v) is 1.96. The molecule has 0 radical (unpaired) electrons. The number of carbonyl (C=O) groups excluding carboxylic acids is 1. The lowest BCUT2D eigenvalue weighted by Crippen LogP contribution is -2.36. The van der Waals surface area contributed by atoms with Crippen LogP contribution in [-0.4, -0.2) is 47.3 Å². The summed E-state index contributed by atoms with van der Waals surface area (Å²) in [6, 6.07) is -0.0241. The molecule has 0 saturated carbocycles. The van der Waals surface area contributed by atoms with E-state index >= 15 is 0 Å². The van der Waals surface area contributed by atoms with Gasteiger partial charge in [0.05, 0.1) is 0 Å². The number of hydrogen-bond acceptors (Lipinski definition) is 3. The molecule has 1 fully saturated rings. The van der Waals surface area contributed by atoms with Gasteiger partial charge in [-0.2, -0.15) is 0 Å². The predicted octanol–water partition coefficient (Wildman–Crippen LogP) is 1.21. The summed E-state index contributed by atoms with van der Waals surface area (Å²) in [5.74, 6) is 0.561. The smallest absolute Gasteiger partial charge is 0.329 e. The van der Waals surface area contributed by atoms with Crippen molar-refractivity contribution in [3.8, 4) is 0 Å². The van der Waals surface area contributed by atoms with E-state index in [0.29, 0.717) is 5.92 Å². The van der Waals surface area contributed by atoms with Gasteiger partial charge in [0.2, 0.25) is 0 Å². The molecule has 0 aliphatic carbocycles. The minimum absolute atomic E-state index is 0.0241. The van der Waals surface area contributed by atoms with E-state index in [4.69, 9.17) is 4.74 Å². The van der Waals surface area contributed by atoms with E-state index in [2.05, 4.69) is 4.98 Å². The maximum atomic E-state index is 11.9. The molecule has 16 heavy (non-hydrogen) atoms. The highest BCUT2D eigenvalue weighted by molar-refractivity contribution is 5.76. The lowest BCUT2D eigenvalue weighted by molar-refractivity contribution is 0.0587. The average molecular weight is 223 g/mol. The van der Waals surface area contributed by atoms with Crippen LogP contribution in [0.1, 0.15) is 12.8 Å². The summed E-state index contributed by atoms with van der Waals surface area (Å²) in [4.78, 5) is 17.5. The van der Waals surface area contributed by atoms with Crippen molar-refractivity contribution in [2.45, 2.75) is 12.8 Å². The standard InChI is InChI=1S/C11H17N3O2/c1-13(8-10-2-6-16-7-3-10)11(15)14-5-4-12-9-14/h4-5,9-10H,2-3,6-8H2,1H3. The van der Waals surface area contributed by atoms with Crippen molar-refractivity contribution in [3.05, 3.63) is 18.7 Å². The van der Waals surface area contributed by atoms with Gasteiger partial charge in [-0.3, -0.25) is 4.57 Å². The molecule has 1 aliphatic heterocycles. The zero-order valence-electron chi connectivity index (χ0n) is 9.50. The average Bonchev–Trinajstić information content (AvgIpc) is 2.83. The van der Waals surface area contributed by atoms with Gasteiger partial charge in [-0.15, -0.1) is 0 Å². The summed E-state index contributed by atoms with van der Waals surface area (Å²) < 4.78 is 6.79. The molecule has 0 atom stereocenters. The lowest BCUT2D eigenvalue weighted by Gasteiger charge is -2.27. The van der Waals surface area contributed by atoms with Gasteiger partial charge in [0.1, 0.15) is 6.33 Å². The Balaban J connectivity index is 1.87. The third kappa shape index (κ3) is 2.61. The van der Waals surface area contributed by atoms with E-state index in [-0.39, 0.29) is 6.03 Å². The van der Waals surface area contributed by atoms with Crippen molar-refractivity contribution in [1.82, 2.24) is 14.5 Å². The Hall–Kier alpha value is -1.36. The van der Waals surface area contributed by atoms with Crippen molar-refractivity contribution in [2.75, 3.05) is 26.8 Å². The molecular formula is C11H17N3O2. The number of hydrogen-bond donors (Lipinski definition) is 0. The number of nitrogens with zero attached hydrogens (tertiary/aromatic N) is 3. The molecule has 0 unspecified atom stereocenters. The molecule has 1 aromatic rings. The minimum Gasteiger partial charge on any atom is -0.381 e. The second kappa shape index (κ2) is 5.12. The van der Waals surface area contributed by atoms with Crippen LogP contribution in [0.5, 0.6) is 0 Å². The molecule has 1 aliphatic rings. The summed E-state index contributed by atoms with van der Waals surface area (Å²) >= 11 is 0. The Labute approximate surface area is 95.0 Å². The van der Waals surface area contributed by atoms with Crippen LogP contribution in [0.4, 0.5) is 4.79 Å². The van der Waals surface area contributed by atoms with Crippen molar-refractivity contribution < 1.29 is 9.53 Å². The normalized spacial score (nSPS) is 17.3. The highest BCUT2D eigenvalue weighted by Crippen LogP contribution is 2.15. The van der Waals surface area contributed by atoms with Gasteiger partial charge < -0.3 is 9.64 Å². The molecule has 1 amide bonds. The molecule has 88 valence electrons. The zero-order valence-corrected chi connectivity index (χ0v) is 9.50. The highest BCUT2D eigenvalue weighted by atomic mass is 16.5. The minimum atomic E-state index is -0.0241. The van der Waals surface area contributed by atoms with Crippen molar-refractivity contribution >= 4 is 6.03 Å². The first-order valence-electron chi connectivity index (χ1n) is 5.58. The number of carbonyl (C=O) groups is 1. The molecule has 2 heterocycles. The second-order valence-corrected chi connectivity index (χ2v) is 4.19.